The van der Waals surface area contributed by atoms with Crippen LogP contribution in [0.1, 0.15) is 49.3 Å². The highest BCUT2D eigenvalue weighted by molar-refractivity contribution is 6.31. The van der Waals surface area contributed by atoms with Gasteiger partial charge in [-0.15, -0.1) is 0 Å². The molecule has 0 unspecified atom stereocenters. The van der Waals surface area contributed by atoms with E-state index in [1.807, 2.05) is 30.3 Å². The van der Waals surface area contributed by atoms with Gasteiger partial charge >= 0.3 is 0 Å². The number of methoxy groups -OCH3 is 3. The summed E-state index contributed by atoms with van der Waals surface area (Å²) in [5.41, 5.74) is 1.54. The van der Waals surface area contributed by atoms with Crippen LogP contribution in [0.25, 0.3) is 0 Å². The summed E-state index contributed by atoms with van der Waals surface area (Å²) in [6.45, 7) is 1.53. The van der Waals surface area contributed by atoms with Crippen molar-refractivity contribution in [2.75, 3.05) is 27.9 Å². The zero-order valence-electron chi connectivity index (χ0n) is 18.6. The molecule has 1 saturated carbocycles. The van der Waals surface area contributed by atoms with Gasteiger partial charge in [0.1, 0.15) is 0 Å². The summed E-state index contributed by atoms with van der Waals surface area (Å²) >= 11 is 6.50. The van der Waals surface area contributed by atoms with E-state index in [1.165, 1.54) is 0 Å². The van der Waals surface area contributed by atoms with Crippen LogP contribution in [-0.4, -0.2) is 43.5 Å². The number of likely N-dealkylation sites (tertiary alicyclic amines) is 1. The number of benzene rings is 2. The van der Waals surface area contributed by atoms with Crippen LogP contribution in [0.2, 0.25) is 5.02 Å². The monoisotopic (exact) mass is 445 g/mol. The molecule has 6 heteroatoms. The first kappa shape index (κ1) is 22.3. The molecule has 2 aliphatic rings. The SMILES string of the molecule is COc1cc([C@@H]2[C@@H]3CCCC[C@@]3(O)CCN2Cc2ccccc2Cl)cc(OC)c1OC. The Hall–Kier alpha value is -1.95. The zero-order chi connectivity index (χ0) is 22.0. The van der Waals surface area contributed by atoms with Gasteiger partial charge in [-0.1, -0.05) is 42.6 Å². The van der Waals surface area contributed by atoms with Gasteiger partial charge in [-0.2, -0.15) is 0 Å². The Morgan fingerprint density at radius 1 is 1.03 bits per heavy atom. The van der Waals surface area contributed by atoms with E-state index < -0.39 is 5.60 Å². The second kappa shape index (κ2) is 9.27. The van der Waals surface area contributed by atoms with Crippen LogP contribution in [0.15, 0.2) is 36.4 Å². The van der Waals surface area contributed by atoms with E-state index in [4.69, 9.17) is 25.8 Å². The molecule has 0 radical (unpaired) electrons. The number of aliphatic hydroxyl groups is 1. The fourth-order valence-corrected chi connectivity index (χ4v) is 5.68. The number of fused-ring (bicyclic) bond motifs is 1. The van der Waals surface area contributed by atoms with E-state index in [9.17, 15) is 5.11 Å². The van der Waals surface area contributed by atoms with Gasteiger partial charge in [0.25, 0.3) is 0 Å². The van der Waals surface area contributed by atoms with Crippen molar-refractivity contribution in [1.82, 2.24) is 4.90 Å². The highest BCUT2D eigenvalue weighted by Gasteiger charge is 2.49. The predicted molar refractivity (Wildman–Crippen MR) is 122 cm³/mol. The molecule has 1 aliphatic heterocycles. The van der Waals surface area contributed by atoms with Crippen molar-refractivity contribution in [3.63, 3.8) is 0 Å². The summed E-state index contributed by atoms with van der Waals surface area (Å²) in [5.74, 6) is 2.00. The standard InChI is InChI=1S/C25H32ClNO4/c1-29-21-14-18(15-22(30-2)24(21)31-3)23-19-9-6-7-11-25(19,28)12-13-27(23)16-17-8-4-5-10-20(17)26/h4-5,8,10,14-15,19,23,28H,6-7,9,11-13,16H2,1-3H3/t19-,23+,25+/m0/s1. The van der Waals surface area contributed by atoms with Gasteiger partial charge in [0.2, 0.25) is 5.75 Å². The Morgan fingerprint density at radius 3 is 2.39 bits per heavy atom. The minimum atomic E-state index is -0.639. The smallest absolute Gasteiger partial charge is 0.203 e. The fourth-order valence-electron chi connectivity index (χ4n) is 5.48. The van der Waals surface area contributed by atoms with Gasteiger partial charge in [0.15, 0.2) is 11.5 Å². The van der Waals surface area contributed by atoms with Crippen LogP contribution in [0.5, 0.6) is 17.2 Å². The topological polar surface area (TPSA) is 51.2 Å². The van der Waals surface area contributed by atoms with Crippen molar-refractivity contribution in [2.24, 2.45) is 5.92 Å². The molecular formula is C25H32ClNO4. The molecule has 1 saturated heterocycles. The highest BCUT2D eigenvalue weighted by Crippen LogP contribution is 2.52. The van der Waals surface area contributed by atoms with Gasteiger partial charge in [-0.25, -0.2) is 0 Å². The first-order valence-corrected chi connectivity index (χ1v) is 11.4. The maximum atomic E-state index is 11.6. The Balaban J connectivity index is 1.79. The van der Waals surface area contributed by atoms with E-state index >= 15 is 0 Å². The Kier molecular flexibility index (Phi) is 6.65. The van der Waals surface area contributed by atoms with Crippen molar-refractivity contribution in [3.05, 3.63) is 52.5 Å². The van der Waals surface area contributed by atoms with E-state index in [0.29, 0.717) is 17.2 Å². The summed E-state index contributed by atoms with van der Waals surface area (Å²) in [6.07, 6.45) is 4.85. The van der Waals surface area contributed by atoms with Gasteiger partial charge in [0.05, 0.1) is 26.9 Å². The molecule has 0 bridgehead atoms. The van der Waals surface area contributed by atoms with Crippen molar-refractivity contribution in [1.29, 1.82) is 0 Å². The summed E-state index contributed by atoms with van der Waals surface area (Å²) in [5, 5.41) is 12.3. The molecule has 1 N–H and O–H groups in total. The summed E-state index contributed by atoms with van der Waals surface area (Å²) in [6, 6.07) is 12.1. The van der Waals surface area contributed by atoms with Crippen LogP contribution in [-0.2, 0) is 6.54 Å². The maximum absolute atomic E-state index is 11.6. The van der Waals surface area contributed by atoms with Gasteiger partial charge in [-0.3, -0.25) is 4.90 Å². The fraction of sp³-hybridized carbons (Fsp3) is 0.520. The van der Waals surface area contributed by atoms with Gasteiger partial charge < -0.3 is 19.3 Å². The molecule has 0 spiro atoms. The lowest BCUT2D eigenvalue weighted by Crippen LogP contribution is -2.54. The maximum Gasteiger partial charge on any atom is 0.203 e. The summed E-state index contributed by atoms with van der Waals surface area (Å²) in [4.78, 5) is 2.45. The summed E-state index contributed by atoms with van der Waals surface area (Å²) in [7, 11) is 4.89. The number of hydrogen-bond donors (Lipinski definition) is 1. The second-order valence-electron chi connectivity index (χ2n) is 8.67. The van der Waals surface area contributed by atoms with Crippen LogP contribution in [0, 0.1) is 5.92 Å². The number of piperidine rings is 1. The van der Waals surface area contributed by atoms with Crippen LogP contribution >= 0.6 is 11.6 Å². The van der Waals surface area contributed by atoms with Crippen LogP contribution in [0.4, 0.5) is 0 Å². The number of rotatable bonds is 6. The molecule has 31 heavy (non-hydrogen) atoms. The molecule has 5 nitrogen and oxygen atoms in total. The molecule has 2 fully saturated rings. The first-order valence-electron chi connectivity index (χ1n) is 11.0. The lowest BCUT2D eigenvalue weighted by Gasteiger charge is -2.53. The molecule has 2 aromatic carbocycles. The lowest BCUT2D eigenvalue weighted by atomic mass is 9.66. The normalized spacial score (nSPS) is 26.2. The summed E-state index contributed by atoms with van der Waals surface area (Å²) < 4.78 is 16.8. The zero-order valence-corrected chi connectivity index (χ0v) is 19.3. The third-order valence-corrected chi connectivity index (χ3v) is 7.40. The Morgan fingerprint density at radius 2 is 1.74 bits per heavy atom. The van der Waals surface area contributed by atoms with Crippen LogP contribution < -0.4 is 14.2 Å². The molecule has 4 rings (SSSR count). The van der Waals surface area contributed by atoms with Crippen molar-refractivity contribution in [3.8, 4) is 17.2 Å². The lowest BCUT2D eigenvalue weighted by molar-refractivity contribution is -0.126. The van der Waals surface area contributed by atoms with E-state index in [1.54, 1.807) is 21.3 Å². The predicted octanol–water partition coefficient (Wildman–Crippen LogP) is 5.23. The van der Waals surface area contributed by atoms with Crippen molar-refractivity contribution >= 4 is 11.6 Å². The molecule has 3 atom stereocenters. The number of hydrogen-bond acceptors (Lipinski definition) is 5. The first-order chi connectivity index (χ1) is 15.0. The molecule has 0 aromatic heterocycles. The third-order valence-electron chi connectivity index (χ3n) is 7.03. The number of ether oxygens (including phenoxy) is 3. The largest absolute Gasteiger partial charge is 0.493 e. The molecule has 1 aliphatic carbocycles. The van der Waals surface area contributed by atoms with Gasteiger partial charge in [-0.05, 0) is 48.6 Å². The number of nitrogens with zero attached hydrogens (tertiary/aromatic N) is 1. The van der Waals surface area contributed by atoms with E-state index in [-0.39, 0.29) is 12.0 Å². The Bertz CT molecular complexity index is 895. The average Bonchev–Trinajstić information content (AvgIpc) is 2.79. The average molecular weight is 446 g/mol. The second-order valence-corrected chi connectivity index (χ2v) is 9.08. The molecule has 168 valence electrons. The molecule has 2 aromatic rings. The van der Waals surface area contributed by atoms with Crippen molar-refractivity contribution < 1.29 is 19.3 Å². The highest BCUT2D eigenvalue weighted by atomic mass is 35.5. The molecular weight excluding hydrogens is 414 g/mol. The Labute approximate surface area is 189 Å². The number of halogens is 1. The van der Waals surface area contributed by atoms with Gasteiger partial charge in [0, 0.05) is 30.1 Å². The molecule has 0 amide bonds. The van der Waals surface area contributed by atoms with E-state index in [0.717, 1.165) is 61.3 Å². The third kappa shape index (κ3) is 4.23. The minimum absolute atomic E-state index is 0.0315. The minimum Gasteiger partial charge on any atom is -0.493 e. The van der Waals surface area contributed by atoms with E-state index in [2.05, 4.69) is 11.0 Å². The quantitative estimate of drug-likeness (QED) is 0.659. The molecule has 1 heterocycles. The van der Waals surface area contributed by atoms with Crippen molar-refractivity contribution in [2.45, 2.75) is 50.3 Å². The van der Waals surface area contributed by atoms with Crippen LogP contribution in [0.3, 0.4) is 0 Å².